The van der Waals surface area contributed by atoms with Gasteiger partial charge in [0.1, 0.15) is 0 Å². The van der Waals surface area contributed by atoms with Gasteiger partial charge in [0.25, 0.3) is 0 Å². The number of esters is 1. The Kier molecular flexibility index (Phi) is 7.45. The van der Waals surface area contributed by atoms with Gasteiger partial charge in [0, 0.05) is 4.88 Å². The van der Waals surface area contributed by atoms with Gasteiger partial charge in [-0.1, -0.05) is 54.2 Å². The van der Waals surface area contributed by atoms with Crippen molar-refractivity contribution in [2.45, 2.75) is 12.8 Å². The van der Waals surface area contributed by atoms with Crippen molar-refractivity contribution < 1.29 is 14.3 Å². The minimum Gasteiger partial charge on any atom is -0.463 e. The van der Waals surface area contributed by atoms with Crippen molar-refractivity contribution >= 4 is 51.9 Å². The number of carbonyl (C=O) groups excluding carboxylic acids is 2. The Morgan fingerprint density at radius 1 is 1.09 bits per heavy atom. The first kappa shape index (κ1) is 23.1. The van der Waals surface area contributed by atoms with E-state index in [1.165, 1.54) is 34.4 Å². The smallest absolute Gasteiger partial charge is 0.337 e. The molecule has 0 fully saturated rings. The molecular formula is C25H20N2O3S3. The van der Waals surface area contributed by atoms with E-state index in [0.717, 1.165) is 10.4 Å². The van der Waals surface area contributed by atoms with Crippen LogP contribution < -0.4 is 5.32 Å². The molecule has 0 aliphatic carbocycles. The number of carbonyl (C=O) groups is 2. The molecule has 0 amide bonds. The first-order valence-electron chi connectivity index (χ1n) is 10.2. The van der Waals surface area contributed by atoms with Crippen LogP contribution in [0.2, 0.25) is 0 Å². The molecule has 1 N–H and O–H groups in total. The molecule has 3 aromatic rings. The second kappa shape index (κ2) is 10.7. The zero-order valence-corrected chi connectivity index (χ0v) is 20.2. The van der Waals surface area contributed by atoms with Crippen LogP contribution in [0.15, 0.2) is 81.5 Å². The van der Waals surface area contributed by atoms with Gasteiger partial charge in [-0.3, -0.25) is 4.79 Å². The summed E-state index contributed by atoms with van der Waals surface area (Å²) in [6.45, 7) is 1.99. The quantitative estimate of drug-likeness (QED) is 0.315. The summed E-state index contributed by atoms with van der Waals surface area (Å²) in [5, 5.41) is 17.8. The molecule has 1 aliphatic heterocycles. The molecule has 0 bridgehead atoms. The van der Waals surface area contributed by atoms with Crippen molar-refractivity contribution in [3.8, 4) is 6.07 Å². The van der Waals surface area contributed by atoms with Gasteiger partial charge in [-0.15, -0.1) is 22.7 Å². The number of ketones is 1. The number of hydrogen-bond donors (Lipinski definition) is 1. The standard InChI is InChI=1S/C25H20N2O3S3/c1-2-30-25(29)22-21(20-11-7-13-32-20)17(14-26)24(27-23(22)16-8-4-3-5-9-16)33-15-18(28)19-10-6-12-31-19/h3-13,21,27H,2,15H2,1H3/t21-/m0/s1. The van der Waals surface area contributed by atoms with Crippen molar-refractivity contribution in [3.63, 3.8) is 0 Å². The van der Waals surface area contributed by atoms with E-state index in [4.69, 9.17) is 4.74 Å². The van der Waals surface area contributed by atoms with Crippen LogP contribution in [0.4, 0.5) is 0 Å². The number of nitrogens with one attached hydrogen (secondary N) is 1. The lowest BCUT2D eigenvalue weighted by Crippen LogP contribution is -2.29. The summed E-state index contributed by atoms with van der Waals surface area (Å²) in [4.78, 5) is 27.4. The fraction of sp³-hybridized carbons (Fsp3) is 0.160. The van der Waals surface area contributed by atoms with Gasteiger partial charge in [0.2, 0.25) is 0 Å². The average molecular weight is 493 g/mol. The molecule has 33 heavy (non-hydrogen) atoms. The Hall–Kier alpha value is -3.12. The lowest BCUT2D eigenvalue weighted by atomic mass is 9.85. The Morgan fingerprint density at radius 3 is 2.48 bits per heavy atom. The fourth-order valence-corrected chi connectivity index (χ4v) is 6.07. The number of thioether (sulfide) groups is 1. The van der Waals surface area contributed by atoms with Crippen LogP contribution in [0, 0.1) is 11.3 Å². The topological polar surface area (TPSA) is 79.2 Å². The highest BCUT2D eigenvalue weighted by molar-refractivity contribution is 8.03. The van der Waals surface area contributed by atoms with E-state index in [1.807, 2.05) is 59.3 Å². The van der Waals surface area contributed by atoms with E-state index in [1.54, 1.807) is 13.0 Å². The van der Waals surface area contributed by atoms with Gasteiger partial charge < -0.3 is 10.1 Å². The number of nitriles is 1. The van der Waals surface area contributed by atoms with E-state index in [2.05, 4.69) is 11.4 Å². The lowest BCUT2D eigenvalue weighted by Gasteiger charge is -2.30. The molecule has 1 atom stereocenters. The molecule has 0 spiro atoms. The van der Waals surface area contributed by atoms with Crippen molar-refractivity contribution in [2.24, 2.45) is 0 Å². The minimum absolute atomic E-state index is 0.00399. The summed E-state index contributed by atoms with van der Waals surface area (Å²) in [5.41, 5.74) is 2.21. The van der Waals surface area contributed by atoms with Gasteiger partial charge in [0.15, 0.2) is 5.78 Å². The van der Waals surface area contributed by atoms with E-state index in [9.17, 15) is 14.9 Å². The second-order valence-corrected chi connectivity index (χ2v) is 9.90. The number of rotatable bonds is 8. The number of allylic oxidation sites excluding steroid dienone is 1. The largest absolute Gasteiger partial charge is 0.463 e. The molecule has 0 saturated carbocycles. The zero-order chi connectivity index (χ0) is 23.2. The summed E-state index contributed by atoms with van der Waals surface area (Å²) < 4.78 is 5.41. The van der Waals surface area contributed by atoms with Gasteiger partial charge in [-0.25, -0.2) is 4.79 Å². The molecule has 2 aromatic heterocycles. The maximum absolute atomic E-state index is 13.2. The summed E-state index contributed by atoms with van der Waals surface area (Å²) in [7, 11) is 0. The van der Waals surface area contributed by atoms with Crippen LogP contribution in [0.5, 0.6) is 0 Å². The SMILES string of the molecule is CCOC(=O)C1=C(c2ccccc2)NC(SCC(=O)c2cccs2)=C(C#N)[C@H]1c1cccs1. The van der Waals surface area contributed by atoms with E-state index in [0.29, 0.717) is 26.7 Å². The van der Waals surface area contributed by atoms with Crippen LogP contribution in [0.25, 0.3) is 5.70 Å². The van der Waals surface area contributed by atoms with Crippen molar-refractivity contribution in [3.05, 3.63) is 96.9 Å². The third-order valence-electron chi connectivity index (χ3n) is 4.98. The predicted octanol–water partition coefficient (Wildman–Crippen LogP) is 5.82. The highest BCUT2D eigenvalue weighted by atomic mass is 32.2. The molecule has 4 rings (SSSR count). The van der Waals surface area contributed by atoms with Gasteiger partial charge in [-0.2, -0.15) is 5.26 Å². The Morgan fingerprint density at radius 2 is 1.85 bits per heavy atom. The van der Waals surface area contributed by atoms with Crippen molar-refractivity contribution in [1.82, 2.24) is 5.32 Å². The predicted molar refractivity (Wildman–Crippen MR) is 134 cm³/mol. The molecule has 0 unspecified atom stereocenters. The van der Waals surface area contributed by atoms with E-state index >= 15 is 0 Å². The van der Waals surface area contributed by atoms with E-state index in [-0.39, 0.29) is 18.1 Å². The number of benzene rings is 1. The highest BCUT2D eigenvalue weighted by Gasteiger charge is 2.37. The zero-order valence-electron chi connectivity index (χ0n) is 17.7. The normalized spacial score (nSPS) is 15.7. The van der Waals surface area contributed by atoms with Gasteiger partial charge in [0.05, 0.1) is 51.1 Å². The fourth-order valence-electron chi connectivity index (χ4n) is 3.54. The average Bonchev–Trinajstić information content (AvgIpc) is 3.57. The lowest BCUT2D eigenvalue weighted by molar-refractivity contribution is -0.138. The summed E-state index contributed by atoms with van der Waals surface area (Å²) in [6.07, 6.45) is 0. The highest BCUT2D eigenvalue weighted by Crippen LogP contribution is 2.44. The molecule has 1 aromatic carbocycles. The second-order valence-electron chi connectivity index (χ2n) is 6.99. The first-order valence-corrected chi connectivity index (χ1v) is 13.0. The number of hydrogen-bond acceptors (Lipinski definition) is 8. The van der Waals surface area contributed by atoms with Crippen LogP contribution in [0.1, 0.15) is 33.0 Å². The molecular weight excluding hydrogens is 472 g/mol. The monoisotopic (exact) mass is 492 g/mol. The number of nitrogens with zero attached hydrogens (tertiary/aromatic N) is 1. The minimum atomic E-state index is -0.579. The number of thiophene rings is 2. The molecule has 166 valence electrons. The van der Waals surface area contributed by atoms with Crippen molar-refractivity contribution in [1.29, 1.82) is 5.26 Å². The molecule has 1 aliphatic rings. The summed E-state index contributed by atoms with van der Waals surface area (Å²) in [6, 6.07) is 19.3. The van der Waals surface area contributed by atoms with E-state index < -0.39 is 11.9 Å². The Balaban J connectivity index is 1.81. The third kappa shape index (κ3) is 4.96. The maximum atomic E-state index is 13.2. The van der Waals surface area contributed by atoms with Gasteiger partial charge >= 0.3 is 5.97 Å². The molecule has 8 heteroatoms. The van der Waals surface area contributed by atoms with Crippen LogP contribution in [-0.4, -0.2) is 24.1 Å². The maximum Gasteiger partial charge on any atom is 0.337 e. The molecule has 0 radical (unpaired) electrons. The Labute approximate surface area is 204 Å². The number of dihydropyridines is 1. The van der Waals surface area contributed by atoms with Crippen molar-refractivity contribution in [2.75, 3.05) is 12.4 Å². The Bertz CT molecular complexity index is 1240. The molecule has 0 saturated heterocycles. The molecule has 3 heterocycles. The number of ether oxygens (including phenoxy) is 1. The van der Waals surface area contributed by atoms with Crippen LogP contribution in [0.3, 0.4) is 0 Å². The third-order valence-corrected chi connectivity index (χ3v) is 7.84. The number of Topliss-reactive ketones (excluding diaryl/α,β-unsaturated/α-hetero) is 1. The first-order chi connectivity index (χ1) is 16.1. The van der Waals surface area contributed by atoms with Crippen LogP contribution >= 0.6 is 34.4 Å². The van der Waals surface area contributed by atoms with Gasteiger partial charge in [-0.05, 0) is 35.4 Å². The van der Waals surface area contributed by atoms with Crippen LogP contribution in [-0.2, 0) is 9.53 Å². The summed E-state index contributed by atoms with van der Waals surface area (Å²) in [5.74, 6) is -0.864. The summed E-state index contributed by atoms with van der Waals surface area (Å²) >= 11 is 4.16. The molecule has 5 nitrogen and oxygen atoms in total.